The third kappa shape index (κ3) is 7.93. The standard InChI is InChI=1S/C25H33Cl2N3O4S/c1-7-22(24(32)28-25(3,4)5)30(15-18-10-13-20(26)21(27)14-18)23(31)16-29(6)35(33,34)19-11-8-17(2)9-12-19/h8-14,22H,7,15-16H2,1-6H3,(H,28,32). The lowest BCUT2D eigenvalue weighted by Crippen LogP contribution is -2.55. The van der Waals surface area contributed by atoms with E-state index in [1.165, 1.54) is 24.1 Å². The molecule has 0 bridgehead atoms. The van der Waals surface area contributed by atoms with Gasteiger partial charge in [-0.15, -0.1) is 0 Å². The molecule has 2 aromatic carbocycles. The van der Waals surface area contributed by atoms with Gasteiger partial charge < -0.3 is 10.2 Å². The lowest BCUT2D eigenvalue weighted by atomic mass is 10.1. The fourth-order valence-electron chi connectivity index (χ4n) is 3.46. The molecular weight excluding hydrogens is 509 g/mol. The molecule has 0 aliphatic rings. The van der Waals surface area contributed by atoms with Gasteiger partial charge in [0.15, 0.2) is 0 Å². The van der Waals surface area contributed by atoms with Gasteiger partial charge in [-0.3, -0.25) is 9.59 Å². The Morgan fingerprint density at radius 2 is 1.63 bits per heavy atom. The van der Waals surface area contributed by atoms with E-state index in [0.29, 0.717) is 22.0 Å². The zero-order chi connectivity index (χ0) is 26.6. The maximum atomic E-state index is 13.5. The summed E-state index contributed by atoms with van der Waals surface area (Å²) >= 11 is 12.2. The number of likely N-dealkylation sites (N-methyl/N-ethyl adjacent to an activating group) is 1. The minimum Gasteiger partial charge on any atom is -0.350 e. The highest BCUT2D eigenvalue weighted by atomic mass is 35.5. The zero-order valence-corrected chi connectivity index (χ0v) is 23.3. The number of halogens is 2. The zero-order valence-electron chi connectivity index (χ0n) is 20.9. The van der Waals surface area contributed by atoms with Crippen molar-refractivity contribution in [3.05, 3.63) is 63.6 Å². The van der Waals surface area contributed by atoms with Crippen molar-refractivity contribution >= 4 is 45.0 Å². The average molecular weight is 543 g/mol. The molecule has 7 nitrogen and oxygen atoms in total. The van der Waals surface area contributed by atoms with E-state index in [1.807, 2.05) is 27.7 Å². The van der Waals surface area contributed by atoms with Gasteiger partial charge in [0.1, 0.15) is 6.04 Å². The van der Waals surface area contributed by atoms with Crippen LogP contribution in [-0.4, -0.2) is 54.6 Å². The largest absolute Gasteiger partial charge is 0.350 e. The van der Waals surface area contributed by atoms with Crippen LogP contribution in [-0.2, 0) is 26.2 Å². The van der Waals surface area contributed by atoms with Crippen molar-refractivity contribution in [2.45, 2.75) is 64.1 Å². The van der Waals surface area contributed by atoms with Gasteiger partial charge in [-0.2, -0.15) is 4.31 Å². The topological polar surface area (TPSA) is 86.8 Å². The summed E-state index contributed by atoms with van der Waals surface area (Å²) in [5.74, 6) is -0.831. The Hall–Kier alpha value is -2.13. The lowest BCUT2D eigenvalue weighted by Gasteiger charge is -2.34. The van der Waals surface area contributed by atoms with E-state index in [1.54, 1.807) is 37.3 Å². The number of carbonyl (C=O) groups is 2. The first kappa shape index (κ1) is 29.1. The molecule has 0 spiro atoms. The normalized spacial score (nSPS) is 12.9. The van der Waals surface area contributed by atoms with Crippen LogP contribution in [0, 0.1) is 6.92 Å². The van der Waals surface area contributed by atoms with Gasteiger partial charge in [-0.1, -0.05) is 53.9 Å². The molecule has 2 aromatic rings. The Kier molecular flexibility index (Phi) is 9.76. The second-order valence-electron chi connectivity index (χ2n) is 9.51. The smallest absolute Gasteiger partial charge is 0.243 e. The van der Waals surface area contributed by atoms with Crippen molar-refractivity contribution in [1.29, 1.82) is 0 Å². The van der Waals surface area contributed by atoms with Gasteiger partial charge in [-0.05, 0) is 63.9 Å². The molecule has 0 aromatic heterocycles. The summed E-state index contributed by atoms with van der Waals surface area (Å²) in [5, 5.41) is 3.61. The van der Waals surface area contributed by atoms with Gasteiger partial charge in [0.2, 0.25) is 21.8 Å². The molecule has 2 amide bonds. The summed E-state index contributed by atoms with van der Waals surface area (Å²) in [5.41, 5.74) is 1.08. The summed E-state index contributed by atoms with van der Waals surface area (Å²) in [4.78, 5) is 28.1. The van der Waals surface area contributed by atoms with Crippen LogP contribution in [0.2, 0.25) is 10.0 Å². The van der Waals surface area contributed by atoms with Crippen molar-refractivity contribution in [2.75, 3.05) is 13.6 Å². The van der Waals surface area contributed by atoms with E-state index in [9.17, 15) is 18.0 Å². The molecule has 1 atom stereocenters. The molecular formula is C25H33Cl2N3O4S. The Morgan fingerprint density at radius 3 is 2.14 bits per heavy atom. The Morgan fingerprint density at radius 1 is 1.03 bits per heavy atom. The Labute approximate surface area is 218 Å². The fourth-order valence-corrected chi connectivity index (χ4v) is 4.90. The summed E-state index contributed by atoms with van der Waals surface area (Å²) in [6, 6.07) is 10.6. The van der Waals surface area contributed by atoms with Crippen LogP contribution in [0.3, 0.4) is 0 Å². The summed E-state index contributed by atoms with van der Waals surface area (Å²) in [7, 11) is -2.56. The second-order valence-corrected chi connectivity index (χ2v) is 12.4. The predicted octanol–water partition coefficient (Wildman–Crippen LogP) is 4.64. The molecule has 0 fully saturated rings. The number of nitrogens with zero attached hydrogens (tertiary/aromatic N) is 2. The molecule has 0 heterocycles. The molecule has 0 aliphatic heterocycles. The number of amides is 2. The van der Waals surface area contributed by atoms with Crippen LogP contribution in [0.1, 0.15) is 45.2 Å². The van der Waals surface area contributed by atoms with Crippen molar-refractivity contribution < 1.29 is 18.0 Å². The number of nitrogens with one attached hydrogen (secondary N) is 1. The number of aryl methyl sites for hydroxylation is 1. The minimum absolute atomic E-state index is 0.0597. The fraction of sp³-hybridized carbons (Fsp3) is 0.440. The highest BCUT2D eigenvalue weighted by Crippen LogP contribution is 2.24. The van der Waals surface area contributed by atoms with E-state index >= 15 is 0 Å². The third-order valence-electron chi connectivity index (χ3n) is 5.31. The first-order chi connectivity index (χ1) is 16.2. The summed E-state index contributed by atoms with van der Waals surface area (Å²) in [6.07, 6.45) is 0.337. The molecule has 0 radical (unpaired) electrons. The van der Waals surface area contributed by atoms with E-state index in [0.717, 1.165) is 9.87 Å². The molecule has 0 aliphatic carbocycles. The maximum Gasteiger partial charge on any atom is 0.243 e. The van der Waals surface area contributed by atoms with E-state index in [4.69, 9.17) is 23.2 Å². The molecule has 192 valence electrons. The van der Waals surface area contributed by atoms with E-state index in [2.05, 4.69) is 5.32 Å². The van der Waals surface area contributed by atoms with Crippen LogP contribution in [0.25, 0.3) is 0 Å². The first-order valence-electron chi connectivity index (χ1n) is 11.2. The summed E-state index contributed by atoms with van der Waals surface area (Å²) in [6.45, 7) is 8.84. The van der Waals surface area contributed by atoms with Crippen LogP contribution >= 0.6 is 23.2 Å². The van der Waals surface area contributed by atoms with Gasteiger partial charge >= 0.3 is 0 Å². The molecule has 10 heteroatoms. The second kappa shape index (κ2) is 11.7. The van der Waals surface area contributed by atoms with E-state index < -0.39 is 34.1 Å². The van der Waals surface area contributed by atoms with Crippen molar-refractivity contribution in [3.8, 4) is 0 Å². The van der Waals surface area contributed by atoms with Gasteiger partial charge in [0, 0.05) is 19.1 Å². The van der Waals surface area contributed by atoms with Crippen LogP contribution in [0.15, 0.2) is 47.4 Å². The van der Waals surface area contributed by atoms with Gasteiger partial charge in [-0.25, -0.2) is 8.42 Å². The number of hydrogen-bond donors (Lipinski definition) is 1. The number of carbonyl (C=O) groups excluding carboxylic acids is 2. The van der Waals surface area contributed by atoms with Crippen molar-refractivity contribution in [3.63, 3.8) is 0 Å². The van der Waals surface area contributed by atoms with Crippen molar-refractivity contribution in [1.82, 2.24) is 14.5 Å². The number of rotatable bonds is 9. The number of hydrogen-bond acceptors (Lipinski definition) is 4. The first-order valence-corrected chi connectivity index (χ1v) is 13.4. The highest BCUT2D eigenvalue weighted by Gasteiger charge is 2.33. The minimum atomic E-state index is -3.90. The van der Waals surface area contributed by atoms with E-state index in [-0.39, 0.29) is 17.3 Å². The molecule has 35 heavy (non-hydrogen) atoms. The SMILES string of the molecule is CCC(C(=O)NC(C)(C)C)N(Cc1ccc(Cl)c(Cl)c1)C(=O)CN(C)S(=O)(=O)c1ccc(C)cc1. The van der Waals surface area contributed by atoms with Crippen LogP contribution in [0.5, 0.6) is 0 Å². The van der Waals surface area contributed by atoms with Gasteiger partial charge in [0.05, 0.1) is 21.5 Å². The summed E-state index contributed by atoms with van der Waals surface area (Å²) < 4.78 is 27.1. The molecule has 2 rings (SSSR count). The third-order valence-corrected chi connectivity index (χ3v) is 7.86. The molecule has 0 saturated heterocycles. The lowest BCUT2D eigenvalue weighted by molar-refractivity contribution is -0.142. The van der Waals surface area contributed by atoms with Crippen molar-refractivity contribution in [2.24, 2.45) is 0 Å². The highest BCUT2D eigenvalue weighted by molar-refractivity contribution is 7.89. The predicted molar refractivity (Wildman–Crippen MR) is 140 cm³/mol. The Balaban J connectivity index is 2.37. The maximum absolute atomic E-state index is 13.5. The Bertz CT molecular complexity index is 1160. The number of sulfonamides is 1. The molecule has 1 N–H and O–H groups in total. The van der Waals surface area contributed by atoms with Crippen LogP contribution in [0.4, 0.5) is 0 Å². The monoisotopic (exact) mass is 541 g/mol. The number of benzene rings is 2. The average Bonchev–Trinajstić information content (AvgIpc) is 2.75. The molecule has 1 unspecified atom stereocenters. The quantitative estimate of drug-likeness (QED) is 0.500. The molecule has 0 saturated carbocycles. The van der Waals surface area contributed by atoms with Gasteiger partial charge in [0.25, 0.3) is 0 Å². The van der Waals surface area contributed by atoms with Crippen LogP contribution < -0.4 is 5.32 Å².